The minimum absolute atomic E-state index is 0.218. The van der Waals surface area contributed by atoms with Crippen LogP contribution in [0.1, 0.15) is 10.5 Å². The van der Waals surface area contributed by atoms with E-state index >= 15 is 0 Å². The molecular weight excluding hydrogens is 360 g/mol. The number of nitrogens with one attached hydrogen (secondary N) is 2. The van der Waals surface area contributed by atoms with Crippen molar-refractivity contribution < 1.29 is 19.0 Å². The van der Waals surface area contributed by atoms with Crippen molar-refractivity contribution in [3.63, 3.8) is 0 Å². The SMILES string of the molecule is COc1cccc(Nc2nccc(C(=O)Nc3ccc(OC)c(OC)c3)n2)c1. The number of ether oxygens (including phenoxy) is 3. The van der Waals surface area contributed by atoms with Gasteiger partial charge in [-0.05, 0) is 30.3 Å². The Morgan fingerprint density at radius 2 is 1.71 bits per heavy atom. The lowest BCUT2D eigenvalue weighted by atomic mass is 10.2. The summed E-state index contributed by atoms with van der Waals surface area (Å²) in [6, 6.07) is 14.0. The molecule has 28 heavy (non-hydrogen) atoms. The van der Waals surface area contributed by atoms with Crippen molar-refractivity contribution in [2.24, 2.45) is 0 Å². The van der Waals surface area contributed by atoms with Gasteiger partial charge in [-0.2, -0.15) is 0 Å². The van der Waals surface area contributed by atoms with E-state index in [0.717, 1.165) is 5.69 Å². The number of carbonyl (C=O) groups excluding carboxylic acids is 1. The number of benzene rings is 2. The third-order valence-electron chi connectivity index (χ3n) is 3.86. The Balaban J connectivity index is 1.75. The summed E-state index contributed by atoms with van der Waals surface area (Å²) in [5, 5.41) is 5.83. The molecule has 1 aromatic heterocycles. The minimum Gasteiger partial charge on any atom is -0.497 e. The number of amides is 1. The Morgan fingerprint density at radius 3 is 2.46 bits per heavy atom. The quantitative estimate of drug-likeness (QED) is 0.648. The number of rotatable bonds is 7. The average Bonchev–Trinajstić information content (AvgIpc) is 2.74. The number of nitrogens with zero attached hydrogens (tertiary/aromatic N) is 2. The molecule has 0 saturated heterocycles. The summed E-state index contributed by atoms with van der Waals surface area (Å²) >= 11 is 0. The molecule has 1 amide bonds. The highest BCUT2D eigenvalue weighted by Gasteiger charge is 2.12. The van der Waals surface area contributed by atoms with Gasteiger partial charge in [0.2, 0.25) is 5.95 Å². The summed E-state index contributed by atoms with van der Waals surface area (Å²) in [7, 11) is 4.67. The molecule has 0 saturated carbocycles. The van der Waals surface area contributed by atoms with Crippen molar-refractivity contribution in [1.29, 1.82) is 0 Å². The van der Waals surface area contributed by atoms with Crippen LogP contribution >= 0.6 is 0 Å². The van der Waals surface area contributed by atoms with Crippen LogP contribution in [0.4, 0.5) is 17.3 Å². The first-order chi connectivity index (χ1) is 13.6. The fourth-order valence-electron chi connectivity index (χ4n) is 2.48. The van der Waals surface area contributed by atoms with E-state index in [1.165, 1.54) is 19.4 Å². The lowest BCUT2D eigenvalue weighted by Gasteiger charge is -2.11. The lowest BCUT2D eigenvalue weighted by Crippen LogP contribution is -2.14. The van der Waals surface area contributed by atoms with E-state index in [9.17, 15) is 4.79 Å². The van der Waals surface area contributed by atoms with Crippen molar-refractivity contribution in [1.82, 2.24) is 9.97 Å². The van der Waals surface area contributed by atoms with Crippen molar-refractivity contribution >= 4 is 23.2 Å². The number of anilines is 3. The van der Waals surface area contributed by atoms with Gasteiger partial charge in [-0.1, -0.05) is 6.07 Å². The molecule has 0 atom stereocenters. The van der Waals surface area contributed by atoms with Crippen LogP contribution in [0.25, 0.3) is 0 Å². The molecule has 0 aliphatic heterocycles. The zero-order chi connectivity index (χ0) is 19.9. The summed E-state index contributed by atoms with van der Waals surface area (Å²) in [5.41, 5.74) is 1.52. The molecule has 0 aliphatic rings. The molecule has 1 heterocycles. The van der Waals surface area contributed by atoms with E-state index < -0.39 is 0 Å². The monoisotopic (exact) mass is 380 g/mol. The topological polar surface area (TPSA) is 94.6 Å². The molecule has 0 unspecified atom stereocenters. The number of methoxy groups -OCH3 is 3. The lowest BCUT2D eigenvalue weighted by molar-refractivity contribution is 0.102. The highest BCUT2D eigenvalue weighted by molar-refractivity contribution is 6.03. The Morgan fingerprint density at radius 1 is 0.893 bits per heavy atom. The Bertz CT molecular complexity index is 978. The number of hydrogen-bond acceptors (Lipinski definition) is 7. The van der Waals surface area contributed by atoms with Crippen molar-refractivity contribution in [3.8, 4) is 17.2 Å². The van der Waals surface area contributed by atoms with Gasteiger partial charge in [-0.25, -0.2) is 9.97 Å². The molecule has 3 aromatic rings. The smallest absolute Gasteiger partial charge is 0.274 e. The van der Waals surface area contributed by atoms with E-state index in [-0.39, 0.29) is 11.6 Å². The number of carbonyl (C=O) groups is 1. The molecule has 0 fully saturated rings. The van der Waals surface area contributed by atoms with E-state index in [2.05, 4.69) is 20.6 Å². The number of hydrogen-bond donors (Lipinski definition) is 2. The minimum atomic E-state index is -0.372. The third kappa shape index (κ3) is 4.47. The van der Waals surface area contributed by atoms with E-state index in [0.29, 0.717) is 28.9 Å². The third-order valence-corrected chi connectivity index (χ3v) is 3.86. The first-order valence-corrected chi connectivity index (χ1v) is 8.40. The molecule has 0 bridgehead atoms. The van der Waals surface area contributed by atoms with Gasteiger partial charge in [0.15, 0.2) is 11.5 Å². The molecule has 2 N–H and O–H groups in total. The maximum absolute atomic E-state index is 12.6. The van der Waals surface area contributed by atoms with Crippen LogP contribution in [0.5, 0.6) is 17.2 Å². The van der Waals surface area contributed by atoms with E-state index in [1.807, 2.05) is 18.2 Å². The Labute approximate surface area is 162 Å². The average molecular weight is 380 g/mol. The van der Waals surface area contributed by atoms with Gasteiger partial charge in [0, 0.05) is 29.7 Å². The molecule has 2 aromatic carbocycles. The summed E-state index contributed by atoms with van der Waals surface area (Å²) in [4.78, 5) is 21.0. The first kappa shape index (κ1) is 19.0. The predicted octanol–water partition coefficient (Wildman–Crippen LogP) is 3.50. The normalized spacial score (nSPS) is 10.1. The van der Waals surface area contributed by atoms with Gasteiger partial charge in [0.1, 0.15) is 11.4 Å². The molecule has 144 valence electrons. The standard InChI is InChI=1S/C20H20N4O4/c1-26-15-6-4-5-13(11-15)23-20-21-10-9-16(24-20)19(25)22-14-7-8-17(27-2)18(12-14)28-3/h4-12H,1-3H3,(H,22,25)(H,21,23,24). The van der Waals surface area contributed by atoms with Gasteiger partial charge in [-0.15, -0.1) is 0 Å². The van der Waals surface area contributed by atoms with Crippen molar-refractivity contribution in [3.05, 3.63) is 60.4 Å². The molecule has 0 aliphatic carbocycles. The number of aromatic nitrogens is 2. The van der Waals surface area contributed by atoms with Crippen LogP contribution < -0.4 is 24.8 Å². The zero-order valence-corrected chi connectivity index (χ0v) is 15.7. The van der Waals surface area contributed by atoms with Crippen molar-refractivity contribution in [2.45, 2.75) is 0 Å². The molecule has 0 radical (unpaired) electrons. The second-order valence-electron chi connectivity index (χ2n) is 5.65. The van der Waals surface area contributed by atoms with Crippen LogP contribution in [0.2, 0.25) is 0 Å². The maximum Gasteiger partial charge on any atom is 0.274 e. The van der Waals surface area contributed by atoms with Gasteiger partial charge in [0.05, 0.1) is 21.3 Å². The Kier molecular flexibility index (Phi) is 5.91. The van der Waals surface area contributed by atoms with Crippen LogP contribution in [-0.4, -0.2) is 37.2 Å². The summed E-state index contributed by atoms with van der Waals surface area (Å²) in [5.74, 6) is 1.72. The summed E-state index contributed by atoms with van der Waals surface area (Å²) in [6.45, 7) is 0. The highest BCUT2D eigenvalue weighted by atomic mass is 16.5. The van der Waals surface area contributed by atoms with Crippen LogP contribution in [-0.2, 0) is 0 Å². The van der Waals surface area contributed by atoms with Crippen LogP contribution in [0.3, 0.4) is 0 Å². The second-order valence-corrected chi connectivity index (χ2v) is 5.65. The molecular formula is C20H20N4O4. The van der Waals surface area contributed by atoms with Gasteiger partial charge in [0.25, 0.3) is 5.91 Å². The second kappa shape index (κ2) is 8.72. The fraction of sp³-hybridized carbons (Fsp3) is 0.150. The maximum atomic E-state index is 12.6. The first-order valence-electron chi connectivity index (χ1n) is 8.40. The van der Waals surface area contributed by atoms with E-state index in [4.69, 9.17) is 14.2 Å². The van der Waals surface area contributed by atoms with Crippen LogP contribution in [0.15, 0.2) is 54.7 Å². The predicted molar refractivity (Wildman–Crippen MR) is 106 cm³/mol. The largest absolute Gasteiger partial charge is 0.497 e. The molecule has 8 nitrogen and oxygen atoms in total. The summed E-state index contributed by atoms with van der Waals surface area (Å²) in [6.07, 6.45) is 1.51. The van der Waals surface area contributed by atoms with E-state index in [1.54, 1.807) is 38.5 Å². The van der Waals surface area contributed by atoms with Crippen LogP contribution in [0, 0.1) is 0 Å². The molecule has 8 heteroatoms. The molecule has 0 spiro atoms. The molecule has 3 rings (SSSR count). The van der Waals surface area contributed by atoms with Gasteiger partial charge in [-0.3, -0.25) is 4.79 Å². The van der Waals surface area contributed by atoms with Crippen molar-refractivity contribution in [2.75, 3.05) is 32.0 Å². The fourth-order valence-corrected chi connectivity index (χ4v) is 2.48. The van der Waals surface area contributed by atoms with Gasteiger partial charge >= 0.3 is 0 Å². The highest BCUT2D eigenvalue weighted by Crippen LogP contribution is 2.29. The zero-order valence-electron chi connectivity index (χ0n) is 15.7. The summed E-state index contributed by atoms with van der Waals surface area (Å²) < 4.78 is 15.6. The van der Waals surface area contributed by atoms with Gasteiger partial charge < -0.3 is 24.8 Å². The Hall–Kier alpha value is -3.81.